The fourth-order valence-corrected chi connectivity index (χ4v) is 3.85. The lowest BCUT2D eigenvalue weighted by molar-refractivity contribution is 0.0314. The van der Waals surface area contributed by atoms with Crippen LogP contribution in [-0.4, -0.2) is 67.3 Å². The van der Waals surface area contributed by atoms with Crippen LogP contribution in [0.25, 0.3) is 0 Å². The third-order valence-corrected chi connectivity index (χ3v) is 5.05. The van der Waals surface area contributed by atoms with Gasteiger partial charge < -0.3 is 15.4 Å². The predicted molar refractivity (Wildman–Crippen MR) is 84.0 cm³/mol. The summed E-state index contributed by atoms with van der Waals surface area (Å²) in [5.41, 5.74) is 6.47. The molecule has 4 heteroatoms. The second kappa shape index (κ2) is 7.74. The van der Waals surface area contributed by atoms with Crippen molar-refractivity contribution in [2.45, 2.75) is 57.6 Å². The lowest BCUT2D eigenvalue weighted by Crippen LogP contribution is -2.56. The molecule has 0 radical (unpaired) electrons. The number of rotatable bonds is 4. The Morgan fingerprint density at radius 2 is 2.05 bits per heavy atom. The standard InChI is InChI=1S/C16H33N3O/c1-3-8-18-9-4-6-16(14-17,7-11-18)19-10-5-12-20-15(2)13-19/h15H,3-14,17H2,1-2H3. The molecule has 2 atom stereocenters. The van der Waals surface area contributed by atoms with Gasteiger partial charge in [-0.3, -0.25) is 4.90 Å². The number of hydrogen-bond donors (Lipinski definition) is 1. The third kappa shape index (κ3) is 3.94. The maximum atomic E-state index is 6.25. The summed E-state index contributed by atoms with van der Waals surface area (Å²) in [5, 5.41) is 0. The Labute approximate surface area is 124 Å². The van der Waals surface area contributed by atoms with Crippen LogP contribution in [0.5, 0.6) is 0 Å². The van der Waals surface area contributed by atoms with Crippen molar-refractivity contribution in [3.63, 3.8) is 0 Å². The van der Waals surface area contributed by atoms with Gasteiger partial charge in [-0.15, -0.1) is 0 Å². The predicted octanol–water partition coefficient (Wildman–Crippen LogP) is 1.69. The molecular weight excluding hydrogens is 250 g/mol. The minimum atomic E-state index is 0.213. The van der Waals surface area contributed by atoms with Crippen LogP contribution < -0.4 is 5.73 Å². The van der Waals surface area contributed by atoms with Gasteiger partial charge in [0.1, 0.15) is 0 Å². The van der Waals surface area contributed by atoms with E-state index < -0.39 is 0 Å². The molecule has 0 aromatic carbocycles. The van der Waals surface area contributed by atoms with Crippen LogP contribution in [0.4, 0.5) is 0 Å². The van der Waals surface area contributed by atoms with E-state index in [1.165, 1.54) is 45.3 Å². The topological polar surface area (TPSA) is 41.7 Å². The molecule has 0 spiro atoms. The largest absolute Gasteiger partial charge is 0.377 e. The first-order valence-corrected chi connectivity index (χ1v) is 8.49. The maximum Gasteiger partial charge on any atom is 0.0674 e. The Kier molecular flexibility index (Phi) is 6.27. The van der Waals surface area contributed by atoms with Crippen molar-refractivity contribution in [1.29, 1.82) is 0 Å². The van der Waals surface area contributed by atoms with Gasteiger partial charge in [0.05, 0.1) is 6.10 Å². The molecule has 4 nitrogen and oxygen atoms in total. The van der Waals surface area contributed by atoms with Crippen LogP contribution >= 0.6 is 0 Å². The molecule has 2 aliphatic heterocycles. The molecular formula is C16H33N3O. The summed E-state index contributed by atoms with van der Waals surface area (Å²) < 4.78 is 5.81. The van der Waals surface area contributed by atoms with E-state index >= 15 is 0 Å². The summed E-state index contributed by atoms with van der Waals surface area (Å²) >= 11 is 0. The number of hydrogen-bond acceptors (Lipinski definition) is 4. The average molecular weight is 283 g/mol. The zero-order chi connectivity index (χ0) is 14.4. The van der Waals surface area contributed by atoms with Gasteiger partial charge in [0.25, 0.3) is 0 Å². The normalized spacial score (nSPS) is 34.6. The molecule has 0 amide bonds. The molecule has 2 saturated heterocycles. The average Bonchev–Trinajstić information content (AvgIpc) is 2.78. The van der Waals surface area contributed by atoms with Gasteiger partial charge in [0, 0.05) is 31.8 Å². The highest BCUT2D eigenvalue weighted by Crippen LogP contribution is 2.30. The fourth-order valence-electron chi connectivity index (χ4n) is 3.85. The molecule has 0 aromatic rings. The summed E-state index contributed by atoms with van der Waals surface area (Å²) in [5.74, 6) is 0. The number of nitrogens with two attached hydrogens (primary N) is 1. The first kappa shape index (κ1) is 16.2. The molecule has 118 valence electrons. The van der Waals surface area contributed by atoms with Gasteiger partial charge in [-0.1, -0.05) is 6.92 Å². The smallest absolute Gasteiger partial charge is 0.0674 e. The van der Waals surface area contributed by atoms with E-state index in [1.807, 2.05) is 0 Å². The van der Waals surface area contributed by atoms with E-state index in [0.29, 0.717) is 6.10 Å². The Balaban J connectivity index is 2.03. The molecule has 2 unspecified atom stereocenters. The molecule has 2 aliphatic rings. The molecule has 0 saturated carbocycles. The minimum absolute atomic E-state index is 0.213. The molecule has 2 N–H and O–H groups in total. The van der Waals surface area contributed by atoms with E-state index in [-0.39, 0.29) is 5.54 Å². The van der Waals surface area contributed by atoms with Crippen LogP contribution in [-0.2, 0) is 4.74 Å². The van der Waals surface area contributed by atoms with Crippen molar-refractivity contribution >= 4 is 0 Å². The SMILES string of the molecule is CCCN1CCCC(CN)(N2CCCOC(C)C2)CC1. The van der Waals surface area contributed by atoms with Crippen LogP contribution in [0.15, 0.2) is 0 Å². The first-order chi connectivity index (χ1) is 9.70. The Morgan fingerprint density at radius 3 is 2.80 bits per heavy atom. The summed E-state index contributed by atoms with van der Waals surface area (Å²) in [7, 11) is 0. The molecule has 0 aromatic heterocycles. The van der Waals surface area contributed by atoms with Crippen molar-refractivity contribution in [2.75, 3.05) is 45.9 Å². The zero-order valence-corrected chi connectivity index (χ0v) is 13.4. The van der Waals surface area contributed by atoms with E-state index in [1.54, 1.807) is 0 Å². The number of ether oxygens (including phenoxy) is 1. The van der Waals surface area contributed by atoms with Gasteiger partial charge in [0.15, 0.2) is 0 Å². The molecule has 2 rings (SSSR count). The van der Waals surface area contributed by atoms with Crippen LogP contribution in [0.2, 0.25) is 0 Å². The highest BCUT2D eigenvalue weighted by atomic mass is 16.5. The first-order valence-electron chi connectivity index (χ1n) is 8.49. The zero-order valence-electron chi connectivity index (χ0n) is 13.4. The summed E-state index contributed by atoms with van der Waals surface area (Å²) in [6.07, 6.45) is 6.49. The number of likely N-dealkylation sites (tertiary alicyclic amines) is 1. The lowest BCUT2D eigenvalue weighted by atomic mass is 9.88. The van der Waals surface area contributed by atoms with Crippen molar-refractivity contribution < 1.29 is 4.74 Å². The van der Waals surface area contributed by atoms with E-state index in [4.69, 9.17) is 10.5 Å². The van der Waals surface area contributed by atoms with Gasteiger partial charge in [0.2, 0.25) is 0 Å². The van der Waals surface area contributed by atoms with Crippen molar-refractivity contribution in [3.05, 3.63) is 0 Å². The van der Waals surface area contributed by atoms with Crippen molar-refractivity contribution in [1.82, 2.24) is 9.80 Å². The molecule has 0 aliphatic carbocycles. The van der Waals surface area contributed by atoms with E-state index in [9.17, 15) is 0 Å². The Morgan fingerprint density at radius 1 is 1.20 bits per heavy atom. The summed E-state index contributed by atoms with van der Waals surface area (Å²) in [4.78, 5) is 5.27. The van der Waals surface area contributed by atoms with Gasteiger partial charge in [-0.2, -0.15) is 0 Å². The fraction of sp³-hybridized carbons (Fsp3) is 1.00. The van der Waals surface area contributed by atoms with Gasteiger partial charge >= 0.3 is 0 Å². The highest BCUT2D eigenvalue weighted by molar-refractivity contribution is 4.95. The van der Waals surface area contributed by atoms with Crippen LogP contribution in [0.3, 0.4) is 0 Å². The molecule has 0 bridgehead atoms. The van der Waals surface area contributed by atoms with Gasteiger partial charge in [-0.05, 0) is 58.7 Å². The Hall–Kier alpha value is -0.160. The maximum absolute atomic E-state index is 6.25. The number of nitrogens with zero attached hydrogens (tertiary/aromatic N) is 2. The monoisotopic (exact) mass is 283 g/mol. The highest BCUT2D eigenvalue weighted by Gasteiger charge is 2.38. The Bertz CT molecular complexity index is 287. The molecule has 2 heterocycles. The van der Waals surface area contributed by atoms with Crippen LogP contribution in [0.1, 0.15) is 46.0 Å². The van der Waals surface area contributed by atoms with E-state index in [2.05, 4.69) is 23.6 Å². The summed E-state index contributed by atoms with van der Waals surface area (Å²) in [6, 6.07) is 0. The summed E-state index contributed by atoms with van der Waals surface area (Å²) in [6.45, 7) is 12.0. The second-order valence-corrected chi connectivity index (χ2v) is 6.60. The molecule has 2 fully saturated rings. The molecule has 20 heavy (non-hydrogen) atoms. The lowest BCUT2D eigenvalue weighted by Gasteiger charge is -2.43. The third-order valence-electron chi connectivity index (χ3n) is 5.05. The second-order valence-electron chi connectivity index (χ2n) is 6.60. The van der Waals surface area contributed by atoms with Crippen molar-refractivity contribution in [3.8, 4) is 0 Å². The minimum Gasteiger partial charge on any atom is -0.377 e. The quantitative estimate of drug-likeness (QED) is 0.852. The van der Waals surface area contributed by atoms with Crippen molar-refractivity contribution in [2.24, 2.45) is 5.73 Å². The van der Waals surface area contributed by atoms with Gasteiger partial charge in [-0.25, -0.2) is 0 Å². The van der Waals surface area contributed by atoms with E-state index in [0.717, 1.165) is 32.7 Å². The van der Waals surface area contributed by atoms with Crippen LogP contribution in [0, 0.1) is 0 Å².